The smallest absolute Gasteiger partial charge is 0.200 e. The first-order valence-corrected chi connectivity index (χ1v) is 9.53. The number of ether oxygens (including phenoxy) is 7. The molecule has 152 valence electrons. The van der Waals surface area contributed by atoms with Gasteiger partial charge in [0.15, 0.2) is 29.9 Å². The summed E-state index contributed by atoms with van der Waals surface area (Å²) in [6.07, 6.45) is 0.514. The molecule has 0 aliphatic carbocycles. The summed E-state index contributed by atoms with van der Waals surface area (Å²) in [5.74, 6) is -1.43. The monoisotopic (exact) mass is 384 g/mol. The van der Waals surface area contributed by atoms with E-state index in [1.54, 1.807) is 6.08 Å². The molecule has 0 aromatic carbocycles. The Hall–Kier alpha value is -1.03. The highest BCUT2D eigenvalue weighted by Gasteiger charge is 2.61. The van der Waals surface area contributed by atoms with Crippen molar-refractivity contribution in [1.82, 2.24) is 0 Å². The maximum absolute atomic E-state index is 11.3. The highest BCUT2D eigenvalue weighted by atomic mass is 16.9. The summed E-state index contributed by atoms with van der Waals surface area (Å²) in [7, 11) is 0. The Morgan fingerprint density at radius 3 is 2.33 bits per heavy atom. The Balaban J connectivity index is 1.62. The van der Waals surface area contributed by atoms with E-state index in [1.807, 2.05) is 34.6 Å². The number of carbonyl (C=O) groups excluding carboxylic acids is 1. The summed E-state index contributed by atoms with van der Waals surface area (Å²) in [6, 6.07) is 0. The average Bonchev–Trinajstić information content (AvgIpc) is 3.08. The molecular formula is C19H28O8. The van der Waals surface area contributed by atoms with Crippen molar-refractivity contribution in [3.63, 3.8) is 0 Å². The second kappa shape index (κ2) is 6.79. The molecule has 27 heavy (non-hydrogen) atoms. The van der Waals surface area contributed by atoms with E-state index < -0.39 is 24.2 Å². The van der Waals surface area contributed by atoms with E-state index in [0.717, 1.165) is 0 Å². The minimum Gasteiger partial charge on any atom is -0.462 e. The maximum atomic E-state index is 11.3. The molecule has 3 fully saturated rings. The highest BCUT2D eigenvalue weighted by molar-refractivity contribution is 5.70. The third-order valence-corrected chi connectivity index (χ3v) is 5.19. The summed E-state index contributed by atoms with van der Waals surface area (Å²) in [5, 5.41) is 0. The molecule has 0 unspecified atom stereocenters. The van der Waals surface area contributed by atoms with Crippen molar-refractivity contribution >= 4 is 6.29 Å². The molecule has 0 N–H and O–H groups in total. The SMILES string of the molecule is CCO[C@H]1C[C@H]([C@H]2O[C@@H]3OC(C)(C)O[C@@H]3[C@H]3OC(C)(C)O[C@H]32)C=C(C=O)O1. The molecular weight excluding hydrogens is 356 g/mol. The van der Waals surface area contributed by atoms with Crippen LogP contribution in [0.4, 0.5) is 0 Å². The molecule has 0 bridgehead atoms. The van der Waals surface area contributed by atoms with Crippen LogP contribution in [0.1, 0.15) is 41.0 Å². The molecule has 0 spiro atoms. The minimum absolute atomic E-state index is 0.145. The lowest BCUT2D eigenvalue weighted by atomic mass is 9.86. The van der Waals surface area contributed by atoms with Gasteiger partial charge in [-0.15, -0.1) is 0 Å². The summed E-state index contributed by atoms with van der Waals surface area (Å²) in [6.45, 7) is 9.82. The topological polar surface area (TPSA) is 81.7 Å². The molecule has 8 nitrogen and oxygen atoms in total. The predicted octanol–water partition coefficient (Wildman–Crippen LogP) is 1.86. The van der Waals surface area contributed by atoms with Gasteiger partial charge in [-0.3, -0.25) is 4.79 Å². The second-order valence-corrected chi connectivity index (χ2v) is 8.22. The van der Waals surface area contributed by atoms with Gasteiger partial charge in [0.25, 0.3) is 0 Å². The predicted molar refractivity (Wildman–Crippen MR) is 91.3 cm³/mol. The van der Waals surface area contributed by atoms with Crippen molar-refractivity contribution in [2.24, 2.45) is 5.92 Å². The largest absolute Gasteiger partial charge is 0.462 e. The van der Waals surface area contributed by atoms with Crippen molar-refractivity contribution in [3.8, 4) is 0 Å². The van der Waals surface area contributed by atoms with Crippen LogP contribution in [-0.4, -0.2) is 61.5 Å². The van der Waals surface area contributed by atoms with Crippen molar-refractivity contribution in [1.29, 1.82) is 0 Å². The molecule has 0 aromatic heterocycles. The van der Waals surface area contributed by atoms with Crippen LogP contribution in [0.3, 0.4) is 0 Å². The Bertz CT molecular complexity index is 615. The van der Waals surface area contributed by atoms with Crippen molar-refractivity contribution in [3.05, 3.63) is 11.8 Å². The van der Waals surface area contributed by atoms with Gasteiger partial charge in [0.05, 0.1) is 6.10 Å². The van der Waals surface area contributed by atoms with Crippen molar-refractivity contribution in [2.45, 2.75) is 89.6 Å². The summed E-state index contributed by atoms with van der Waals surface area (Å²) < 4.78 is 41.7. The molecule has 7 atom stereocenters. The molecule has 8 heteroatoms. The van der Waals surface area contributed by atoms with E-state index in [-0.39, 0.29) is 36.1 Å². The van der Waals surface area contributed by atoms with E-state index in [1.165, 1.54) is 0 Å². The number of hydrogen-bond acceptors (Lipinski definition) is 8. The zero-order valence-electron chi connectivity index (χ0n) is 16.4. The minimum atomic E-state index is -0.766. The fraction of sp³-hybridized carbons (Fsp3) is 0.842. The second-order valence-electron chi connectivity index (χ2n) is 8.22. The molecule has 0 radical (unpaired) electrons. The van der Waals surface area contributed by atoms with Crippen LogP contribution in [0.25, 0.3) is 0 Å². The molecule has 4 aliphatic rings. The van der Waals surface area contributed by atoms with E-state index in [4.69, 9.17) is 33.2 Å². The number of aldehydes is 1. The zero-order chi connectivity index (χ0) is 19.4. The first-order valence-electron chi connectivity index (χ1n) is 9.53. The van der Waals surface area contributed by atoms with Crippen LogP contribution in [0.2, 0.25) is 0 Å². The highest BCUT2D eigenvalue weighted by Crippen LogP contribution is 2.46. The fourth-order valence-corrected chi connectivity index (χ4v) is 4.31. The van der Waals surface area contributed by atoms with Gasteiger partial charge in [-0.1, -0.05) is 0 Å². The Morgan fingerprint density at radius 1 is 1.04 bits per heavy atom. The van der Waals surface area contributed by atoms with Crippen LogP contribution in [0.15, 0.2) is 11.8 Å². The van der Waals surface area contributed by atoms with Crippen molar-refractivity contribution < 1.29 is 38.0 Å². The van der Waals surface area contributed by atoms with E-state index in [9.17, 15) is 4.79 Å². The normalized spacial score (nSPS) is 44.8. The maximum Gasteiger partial charge on any atom is 0.200 e. The first-order chi connectivity index (χ1) is 12.7. The van der Waals surface area contributed by atoms with E-state index >= 15 is 0 Å². The first kappa shape index (κ1) is 19.3. The van der Waals surface area contributed by atoms with Gasteiger partial charge in [0.1, 0.15) is 18.3 Å². The Kier molecular flexibility index (Phi) is 4.85. The molecule has 4 heterocycles. The summed E-state index contributed by atoms with van der Waals surface area (Å²) in [5.41, 5.74) is 0. The van der Waals surface area contributed by atoms with Gasteiger partial charge >= 0.3 is 0 Å². The Morgan fingerprint density at radius 2 is 1.67 bits per heavy atom. The molecule has 0 saturated carbocycles. The number of hydrogen-bond donors (Lipinski definition) is 0. The molecule has 3 saturated heterocycles. The van der Waals surface area contributed by atoms with Crippen molar-refractivity contribution in [2.75, 3.05) is 6.61 Å². The quantitative estimate of drug-likeness (QED) is 0.680. The molecule has 0 amide bonds. The van der Waals surface area contributed by atoms with Gasteiger partial charge in [0.2, 0.25) is 6.29 Å². The van der Waals surface area contributed by atoms with E-state index in [2.05, 4.69) is 0 Å². The van der Waals surface area contributed by atoms with Gasteiger partial charge < -0.3 is 33.2 Å². The standard InChI is InChI=1S/C19H28O8/c1-6-21-12-8-10(7-11(9-20)22-12)13-14-15(25-18(2,3)24-14)16-17(23-13)27-19(4,5)26-16/h7,9-10,12-17H,6,8H2,1-5H3/t10-,12-,13-,14+,15+,16-,17-/m1/s1. The average molecular weight is 384 g/mol. The van der Waals surface area contributed by atoms with Gasteiger partial charge in [-0.2, -0.15) is 0 Å². The van der Waals surface area contributed by atoms with Gasteiger partial charge in [-0.25, -0.2) is 0 Å². The van der Waals surface area contributed by atoms with Crippen LogP contribution in [0.5, 0.6) is 0 Å². The lowest BCUT2D eigenvalue weighted by molar-refractivity contribution is -0.248. The van der Waals surface area contributed by atoms with E-state index in [0.29, 0.717) is 19.3 Å². The summed E-state index contributed by atoms with van der Waals surface area (Å²) in [4.78, 5) is 11.3. The number of allylic oxidation sites excluding steroid dienone is 1. The van der Waals surface area contributed by atoms with Gasteiger partial charge in [-0.05, 0) is 40.7 Å². The molecule has 0 aromatic rings. The van der Waals surface area contributed by atoms with Crippen LogP contribution >= 0.6 is 0 Å². The lowest BCUT2D eigenvalue weighted by Gasteiger charge is -2.41. The number of carbonyl (C=O) groups is 1. The lowest BCUT2D eigenvalue weighted by Crippen LogP contribution is -2.57. The van der Waals surface area contributed by atoms with Gasteiger partial charge in [0, 0.05) is 18.9 Å². The number of rotatable bonds is 4. The fourth-order valence-electron chi connectivity index (χ4n) is 4.31. The van der Waals surface area contributed by atoms with Crippen LogP contribution < -0.4 is 0 Å². The van der Waals surface area contributed by atoms with Crippen LogP contribution in [-0.2, 0) is 38.0 Å². The Labute approximate surface area is 159 Å². The molecule has 4 aliphatic heterocycles. The zero-order valence-corrected chi connectivity index (χ0v) is 16.4. The third-order valence-electron chi connectivity index (χ3n) is 5.19. The van der Waals surface area contributed by atoms with Crippen LogP contribution in [0, 0.1) is 5.92 Å². The summed E-state index contributed by atoms with van der Waals surface area (Å²) >= 11 is 0. The molecule has 4 rings (SSSR count). The number of fused-ring (bicyclic) bond motifs is 3. The third kappa shape index (κ3) is 3.66.